The molecule has 11 heavy (non-hydrogen) atoms. The predicted molar refractivity (Wildman–Crippen MR) is 52.8 cm³/mol. The van der Waals surface area contributed by atoms with Crippen LogP contribution >= 0.6 is 11.9 Å². The lowest BCUT2D eigenvalue weighted by Crippen LogP contribution is -1.86. The Kier molecular flexibility index (Phi) is 3.91. The number of nitrogens with one attached hydrogen (secondary N) is 1. The van der Waals surface area contributed by atoms with Crippen molar-refractivity contribution >= 4 is 17.6 Å². The van der Waals surface area contributed by atoms with Gasteiger partial charge in [0.1, 0.15) is 0 Å². The molecule has 1 aromatic carbocycles. The summed E-state index contributed by atoms with van der Waals surface area (Å²) in [7, 11) is 0. The summed E-state index contributed by atoms with van der Waals surface area (Å²) < 4.78 is 3.26. The molecule has 0 aliphatic heterocycles. The molecular weight excluding hydrogens is 154 g/mol. The first-order chi connectivity index (χ1) is 5.43. The molecule has 1 rings (SSSR count). The molecule has 0 aliphatic carbocycles. The Morgan fingerprint density at radius 1 is 1.27 bits per heavy atom. The van der Waals surface area contributed by atoms with Gasteiger partial charge in [0.15, 0.2) is 0 Å². The van der Waals surface area contributed by atoms with Crippen molar-refractivity contribution in [1.82, 2.24) is 0 Å². The van der Waals surface area contributed by atoms with Gasteiger partial charge < -0.3 is 4.72 Å². The molecule has 0 heterocycles. The van der Waals surface area contributed by atoms with E-state index in [4.69, 9.17) is 0 Å². The summed E-state index contributed by atoms with van der Waals surface area (Å²) in [6.07, 6.45) is 1.21. The highest BCUT2D eigenvalue weighted by Crippen LogP contribution is 2.11. The maximum absolute atomic E-state index is 3.26. The third kappa shape index (κ3) is 3.33. The lowest BCUT2D eigenvalue weighted by molar-refractivity contribution is 1.11. The Morgan fingerprint density at radius 3 is 2.64 bits per heavy atom. The van der Waals surface area contributed by atoms with Crippen LogP contribution in [-0.4, -0.2) is 5.75 Å². The maximum Gasteiger partial charge on any atom is 0.0440 e. The summed E-state index contributed by atoms with van der Waals surface area (Å²) in [5.74, 6) is 1.16. The van der Waals surface area contributed by atoms with Crippen LogP contribution in [0, 0.1) is 0 Å². The first-order valence-electron chi connectivity index (χ1n) is 3.86. The van der Waals surface area contributed by atoms with Crippen molar-refractivity contribution in [1.29, 1.82) is 0 Å². The van der Waals surface area contributed by atoms with Crippen molar-refractivity contribution in [2.45, 2.75) is 13.3 Å². The molecule has 0 bridgehead atoms. The lowest BCUT2D eigenvalue weighted by atomic mass is 10.3. The Hall–Kier alpha value is -0.630. The first-order valence-corrected chi connectivity index (χ1v) is 4.85. The average Bonchev–Trinajstić information content (AvgIpc) is 2.07. The van der Waals surface area contributed by atoms with E-state index < -0.39 is 0 Å². The second kappa shape index (κ2) is 5.08. The monoisotopic (exact) mass is 167 g/mol. The molecule has 0 spiro atoms. The fourth-order valence-electron chi connectivity index (χ4n) is 0.743. The highest BCUT2D eigenvalue weighted by Gasteiger charge is 1.86. The van der Waals surface area contributed by atoms with Gasteiger partial charge in [-0.15, -0.1) is 0 Å². The smallest absolute Gasteiger partial charge is 0.0440 e. The lowest BCUT2D eigenvalue weighted by Gasteiger charge is -2.02. The van der Waals surface area contributed by atoms with E-state index in [2.05, 4.69) is 23.8 Å². The van der Waals surface area contributed by atoms with E-state index in [1.165, 1.54) is 12.1 Å². The summed E-state index contributed by atoms with van der Waals surface area (Å²) in [6, 6.07) is 10.2. The van der Waals surface area contributed by atoms with Crippen LogP contribution in [0.4, 0.5) is 5.69 Å². The second-order valence-electron chi connectivity index (χ2n) is 2.32. The Morgan fingerprint density at radius 2 is 2.00 bits per heavy atom. The third-order valence-electron chi connectivity index (χ3n) is 1.27. The molecule has 0 saturated heterocycles. The number of para-hydroxylation sites is 1. The number of benzene rings is 1. The van der Waals surface area contributed by atoms with Crippen LogP contribution in [0.25, 0.3) is 0 Å². The summed E-state index contributed by atoms with van der Waals surface area (Å²) in [5.41, 5.74) is 1.19. The summed E-state index contributed by atoms with van der Waals surface area (Å²) in [5, 5.41) is 0. The molecule has 1 N–H and O–H groups in total. The maximum atomic E-state index is 3.26. The molecule has 0 fully saturated rings. The Balaban J connectivity index is 2.28. The largest absolute Gasteiger partial charge is 0.330 e. The van der Waals surface area contributed by atoms with E-state index in [-0.39, 0.29) is 0 Å². The molecule has 60 valence electrons. The molecule has 0 radical (unpaired) electrons. The van der Waals surface area contributed by atoms with Crippen LogP contribution in [-0.2, 0) is 0 Å². The zero-order valence-corrected chi connectivity index (χ0v) is 7.53. The van der Waals surface area contributed by atoms with Crippen LogP contribution in [0.15, 0.2) is 30.3 Å². The topological polar surface area (TPSA) is 12.0 Å². The van der Waals surface area contributed by atoms with Crippen LogP contribution in [0.3, 0.4) is 0 Å². The molecule has 1 aromatic rings. The predicted octanol–water partition coefficient (Wildman–Crippen LogP) is 3.16. The molecule has 0 atom stereocenters. The number of hydrogen-bond donors (Lipinski definition) is 1. The van der Waals surface area contributed by atoms with Gasteiger partial charge in [-0.25, -0.2) is 0 Å². The number of rotatable bonds is 4. The van der Waals surface area contributed by atoms with Gasteiger partial charge >= 0.3 is 0 Å². The van der Waals surface area contributed by atoms with Crippen molar-refractivity contribution in [3.63, 3.8) is 0 Å². The van der Waals surface area contributed by atoms with E-state index in [1.807, 2.05) is 18.2 Å². The van der Waals surface area contributed by atoms with Gasteiger partial charge in [0.05, 0.1) is 0 Å². The minimum Gasteiger partial charge on any atom is -0.330 e. The minimum atomic E-state index is 1.16. The number of anilines is 1. The van der Waals surface area contributed by atoms with Gasteiger partial charge in [-0.05, 0) is 18.6 Å². The van der Waals surface area contributed by atoms with Crippen molar-refractivity contribution < 1.29 is 0 Å². The quantitative estimate of drug-likeness (QED) is 0.546. The van der Waals surface area contributed by atoms with Crippen LogP contribution in [0.1, 0.15) is 13.3 Å². The first kappa shape index (κ1) is 8.47. The summed E-state index contributed by atoms with van der Waals surface area (Å²) in [4.78, 5) is 0. The van der Waals surface area contributed by atoms with Crippen molar-refractivity contribution in [3.05, 3.63) is 30.3 Å². The van der Waals surface area contributed by atoms with Crippen molar-refractivity contribution in [2.24, 2.45) is 0 Å². The molecule has 1 nitrogen and oxygen atoms in total. The highest BCUT2D eigenvalue weighted by molar-refractivity contribution is 8.00. The number of hydrogen-bond acceptors (Lipinski definition) is 2. The standard InChI is InChI=1S/C9H13NS/c1-2-8-11-10-9-6-4-3-5-7-9/h3-7,10H,2,8H2,1H3. The van der Waals surface area contributed by atoms with Gasteiger partial charge in [-0.2, -0.15) is 0 Å². The molecule has 0 aromatic heterocycles. The zero-order chi connectivity index (χ0) is 7.94. The van der Waals surface area contributed by atoms with Crippen molar-refractivity contribution in [3.8, 4) is 0 Å². The van der Waals surface area contributed by atoms with Gasteiger partial charge in [-0.3, -0.25) is 0 Å². The van der Waals surface area contributed by atoms with E-state index in [0.29, 0.717) is 0 Å². The Labute approximate surface area is 72.3 Å². The van der Waals surface area contributed by atoms with Crippen LogP contribution in [0.5, 0.6) is 0 Å². The van der Waals surface area contributed by atoms with Gasteiger partial charge in [0, 0.05) is 11.4 Å². The van der Waals surface area contributed by atoms with E-state index >= 15 is 0 Å². The van der Waals surface area contributed by atoms with Gasteiger partial charge in [-0.1, -0.05) is 37.1 Å². The minimum absolute atomic E-state index is 1.16. The van der Waals surface area contributed by atoms with Crippen LogP contribution in [0.2, 0.25) is 0 Å². The van der Waals surface area contributed by atoms with Crippen molar-refractivity contribution in [2.75, 3.05) is 10.5 Å². The SMILES string of the molecule is CCCSNc1ccccc1. The third-order valence-corrected chi connectivity index (χ3v) is 2.26. The summed E-state index contributed by atoms with van der Waals surface area (Å²) >= 11 is 1.76. The van der Waals surface area contributed by atoms with E-state index in [1.54, 1.807) is 11.9 Å². The second-order valence-corrected chi connectivity index (χ2v) is 3.22. The summed E-state index contributed by atoms with van der Waals surface area (Å²) in [6.45, 7) is 2.18. The Bertz CT molecular complexity index is 186. The van der Waals surface area contributed by atoms with E-state index in [0.717, 1.165) is 5.75 Å². The highest BCUT2D eigenvalue weighted by atomic mass is 32.2. The van der Waals surface area contributed by atoms with E-state index in [9.17, 15) is 0 Å². The average molecular weight is 167 g/mol. The fraction of sp³-hybridized carbons (Fsp3) is 0.333. The fourth-order valence-corrected chi connectivity index (χ4v) is 1.35. The normalized spacial score (nSPS) is 9.55. The molecule has 2 heteroatoms. The molecule has 0 unspecified atom stereocenters. The zero-order valence-electron chi connectivity index (χ0n) is 6.71. The molecule has 0 amide bonds. The van der Waals surface area contributed by atoms with Crippen LogP contribution < -0.4 is 4.72 Å². The van der Waals surface area contributed by atoms with Gasteiger partial charge in [0.2, 0.25) is 0 Å². The van der Waals surface area contributed by atoms with Gasteiger partial charge in [0.25, 0.3) is 0 Å². The molecular formula is C9H13NS. The molecule has 0 saturated carbocycles. The molecule has 0 aliphatic rings.